The third-order valence-corrected chi connectivity index (χ3v) is 3.62. The van der Waals surface area contributed by atoms with E-state index >= 15 is 0 Å². The van der Waals surface area contributed by atoms with Crippen molar-refractivity contribution in [2.45, 2.75) is 12.5 Å². The first-order chi connectivity index (χ1) is 10.2. The lowest BCUT2D eigenvalue weighted by Gasteiger charge is -2.22. The molecular weight excluding hydrogens is 264 g/mol. The summed E-state index contributed by atoms with van der Waals surface area (Å²) >= 11 is 0. The van der Waals surface area contributed by atoms with E-state index in [4.69, 9.17) is 0 Å². The lowest BCUT2D eigenvalue weighted by molar-refractivity contribution is -0.133. The Kier molecular flexibility index (Phi) is 5.06. The second-order valence-electron chi connectivity index (χ2n) is 5.11. The summed E-state index contributed by atoms with van der Waals surface area (Å²) in [6.45, 7) is 0.120. The largest absolute Gasteiger partial charge is 0.337 e. The van der Waals surface area contributed by atoms with Crippen LogP contribution in [-0.2, 0) is 16.0 Å². The Hall–Kier alpha value is -2.20. The van der Waals surface area contributed by atoms with Crippen LogP contribution in [0.4, 0.5) is 0 Å². The molecule has 0 fully saturated rings. The zero-order chi connectivity index (χ0) is 15.2. The van der Waals surface area contributed by atoms with Crippen LogP contribution >= 0.6 is 0 Å². The number of aldehydes is 1. The maximum absolute atomic E-state index is 12.2. The minimum absolute atomic E-state index is 0.0715. The van der Waals surface area contributed by atoms with Gasteiger partial charge in [-0.05, 0) is 29.8 Å². The summed E-state index contributed by atoms with van der Waals surface area (Å²) in [4.78, 5) is 24.2. The van der Waals surface area contributed by atoms with Gasteiger partial charge < -0.3 is 15.0 Å². The molecule has 1 atom stereocenters. The minimum atomic E-state index is -0.323. The number of hydrogen-bond acceptors (Lipinski definition) is 3. The minimum Gasteiger partial charge on any atom is -0.337 e. The Morgan fingerprint density at radius 3 is 2.62 bits per heavy atom. The summed E-state index contributed by atoms with van der Waals surface area (Å²) in [6.07, 6.45) is 1.34. The van der Waals surface area contributed by atoms with Gasteiger partial charge in [-0.25, -0.2) is 0 Å². The number of fused-ring (bicyclic) bond motifs is 1. The second-order valence-corrected chi connectivity index (χ2v) is 5.11. The van der Waals surface area contributed by atoms with Crippen LogP contribution in [0.3, 0.4) is 0 Å². The number of benzene rings is 2. The van der Waals surface area contributed by atoms with Crippen LogP contribution < -0.4 is 5.32 Å². The molecule has 4 heteroatoms. The molecule has 21 heavy (non-hydrogen) atoms. The van der Waals surface area contributed by atoms with Crippen LogP contribution in [0.2, 0.25) is 0 Å². The van der Waals surface area contributed by atoms with Crippen LogP contribution in [0.1, 0.15) is 5.56 Å². The summed E-state index contributed by atoms with van der Waals surface area (Å²) in [5.41, 5.74) is 1.10. The Morgan fingerprint density at radius 1 is 1.24 bits per heavy atom. The van der Waals surface area contributed by atoms with E-state index in [1.54, 1.807) is 14.1 Å². The van der Waals surface area contributed by atoms with Crippen molar-refractivity contribution in [3.05, 3.63) is 48.0 Å². The maximum atomic E-state index is 12.2. The van der Waals surface area contributed by atoms with Crippen molar-refractivity contribution in [2.75, 3.05) is 20.6 Å². The molecule has 0 aliphatic carbocycles. The van der Waals surface area contributed by atoms with Crippen molar-refractivity contribution in [1.29, 1.82) is 0 Å². The summed E-state index contributed by atoms with van der Waals surface area (Å²) < 4.78 is 0. The van der Waals surface area contributed by atoms with Gasteiger partial charge in [0.15, 0.2) is 0 Å². The molecule has 110 valence electrons. The highest BCUT2D eigenvalue weighted by molar-refractivity contribution is 5.85. The zero-order valence-electron chi connectivity index (χ0n) is 12.4. The normalized spacial score (nSPS) is 12.1. The fraction of sp³-hybridized carbons (Fsp3) is 0.294. The summed E-state index contributed by atoms with van der Waals surface area (Å²) in [5, 5.41) is 5.38. The van der Waals surface area contributed by atoms with Gasteiger partial charge in [-0.3, -0.25) is 4.79 Å². The van der Waals surface area contributed by atoms with Crippen molar-refractivity contribution < 1.29 is 9.59 Å². The monoisotopic (exact) mass is 284 g/mol. The number of likely N-dealkylation sites (N-methyl/N-ethyl adjacent to an activating group) is 2. The molecule has 0 saturated carbocycles. The number of amides is 1. The first kappa shape index (κ1) is 15.2. The predicted molar refractivity (Wildman–Crippen MR) is 84.2 cm³/mol. The molecule has 2 aromatic rings. The van der Waals surface area contributed by atoms with E-state index in [0.717, 1.165) is 11.8 Å². The summed E-state index contributed by atoms with van der Waals surface area (Å²) in [7, 11) is 3.40. The lowest BCUT2D eigenvalue weighted by Crippen LogP contribution is -2.45. The van der Waals surface area contributed by atoms with Gasteiger partial charge in [0, 0.05) is 7.05 Å². The molecule has 1 amide bonds. The topological polar surface area (TPSA) is 49.4 Å². The quantitative estimate of drug-likeness (QED) is 0.820. The van der Waals surface area contributed by atoms with Crippen LogP contribution in [0, 0.1) is 0 Å². The van der Waals surface area contributed by atoms with Crippen molar-refractivity contribution >= 4 is 23.0 Å². The standard InChI is InChI=1S/C17H20N2O2/c1-18-16(17(21)19(2)9-10-20)12-13-7-8-14-5-3-4-6-15(14)11-13/h3-8,10-11,16,18H,9,12H2,1-2H3/t16-/m1/s1. The van der Waals surface area contributed by atoms with Crippen molar-refractivity contribution in [3.63, 3.8) is 0 Å². The highest BCUT2D eigenvalue weighted by atomic mass is 16.2. The molecule has 0 aromatic heterocycles. The van der Waals surface area contributed by atoms with E-state index in [9.17, 15) is 9.59 Å². The third kappa shape index (κ3) is 3.67. The van der Waals surface area contributed by atoms with Crippen LogP contribution in [-0.4, -0.2) is 43.8 Å². The molecule has 0 radical (unpaired) electrons. The van der Waals surface area contributed by atoms with Gasteiger partial charge in [0.25, 0.3) is 0 Å². The first-order valence-electron chi connectivity index (χ1n) is 6.99. The lowest BCUT2D eigenvalue weighted by atomic mass is 10.0. The molecule has 0 spiro atoms. The molecule has 2 rings (SSSR count). The first-order valence-corrected chi connectivity index (χ1v) is 6.99. The van der Waals surface area contributed by atoms with E-state index < -0.39 is 0 Å². The van der Waals surface area contributed by atoms with Crippen molar-refractivity contribution in [3.8, 4) is 0 Å². The second kappa shape index (κ2) is 6.99. The highest BCUT2D eigenvalue weighted by Crippen LogP contribution is 2.17. The Morgan fingerprint density at radius 2 is 1.95 bits per heavy atom. The molecule has 0 aliphatic heterocycles. The predicted octanol–water partition coefficient (Wildman–Crippen LogP) is 1.63. The number of nitrogens with one attached hydrogen (secondary N) is 1. The van der Waals surface area contributed by atoms with Gasteiger partial charge in [-0.15, -0.1) is 0 Å². The average Bonchev–Trinajstić information content (AvgIpc) is 2.52. The van der Waals surface area contributed by atoms with Crippen molar-refractivity contribution in [2.24, 2.45) is 0 Å². The van der Waals surface area contributed by atoms with Crippen molar-refractivity contribution in [1.82, 2.24) is 10.2 Å². The maximum Gasteiger partial charge on any atom is 0.240 e. The SMILES string of the molecule is CN[C@H](Cc1ccc2ccccc2c1)C(=O)N(C)CC=O. The number of hydrogen-bond donors (Lipinski definition) is 1. The van der Waals surface area contributed by atoms with Gasteiger partial charge in [0.2, 0.25) is 5.91 Å². The molecular formula is C17H20N2O2. The molecule has 0 saturated heterocycles. The fourth-order valence-corrected chi connectivity index (χ4v) is 2.38. The van der Waals surface area contributed by atoms with E-state index in [1.807, 2.05) is 18.2 Å². The Labute approximate surface area is 124 Å². The molecule has 0 unspecified atom stereocenters. The van der Waals surface area contributed by atoms with Crippen LogP contribution in [0.5, 0.6) is 0 Å². The van der Waals surface area contributed by atoms with E-state index in [0.29, 0.717) is 6.42 Å². The van der Waals surface area contributed by atoms with Gasteiger partial charge in [-0.1, -0.05) is 42.5 Å². The third-order valence-electron chi connectivity index (χ3n) is 3.62. The smallest absolute Gasteiger partial charge is 0.240 e. The van der Waals surface area contributed by atoms with Gasteiger partial charge in [0.1, 0.15) is 6.29 Å². The summed E-state index contributed by atoms with van der Waals surface area (Å²) in [5.74, 6) is -0.0715. The van der Waals surface area contributed by atoms with Crippen LogP contribution in [0.25, 0.3) is 10.8 Å². The Bertz CT molecular complexity index is 639. The number of carbonyl (C=O) groups is 2. The van der Waals surface area contributed by atoms with Gasteiger partial charge in [-0.2, -0.15) is 0 Å². The number of carbonyl (C=O) groups excluding carboxylic acids is 2. The van der Waals surface area contributed by atoms with E-state index in [2.05, 4.69) is 29.6 Å². The van der Waals surface area contributed by atoms with E-state index in [1.165, 1.54) is 15.7 Å². The molecule has 0 heterocycles. The Balaban J connectivity index is 2.16. The zero-order valence-corrected chi connectivity index (χ0v) is 12.4. The molecule has 4 nitrogen and oxygen atoms in total. The highest BCUT2D eigenvalue weighted by Gasteiger charge is 2.20. The van der Waals surface area contributed by atoms with E-state index in [-0.39, 0.29) is 18.5 Å². The number of nitrogens with zero attached hydrogens (tertiary/aromatic N) is 1. The fourth-order valence-electron chi connectivity index (χ4n) is 2.38. The van der Waals surface area contributed by atoms with Gasteiger partial charge >= 0.3 is 0 Å². The van der Waals surface area contributed by atoms with Crippen LogP contribution in [0.15, 0.2) is 42.5 Å². The molecule has 1 N–H and O–H groups in total. The summed E-state index contributed by atoms with van der Waals surface area (Å²) in [6, 6.07) is 14.0. The molecule has 0 bridgehead atoms. The molecule has 2 aromatic carbocycles. The average molecular weight is 284 g/mol. The molecule has 0 aliphatic rings. The number of rotatable bonds is 6. The van der Waals surface area contributed by atoms with Gasteiger partial charge in [0.05, 0.1) is 12.6 Å².